The van der Waals surface area contributed by atoms with Gasteiger partial charge in [-0.15, -0.1) is 0 Å². The van der Waals surface area contributed by atoms with E-state index in [1.54, 1.807) is 6.20 Å². The molecule has 0 fully saturated rings. The average Bonchev–Trinajstić information content (AvgIpc) is 2.27. The normalized spacial score (nSPS) is 13.5. The van der Waals surface area contributed by atoms with Crippen molar-refractivity contribution in [2.45, 2.75) is 25.8 Å². The lowest BCUT2D eigenvalue weighted by Gasteiger charge is -2.18. The summed E-state index contributed by atoms with van der Waals surface area (Å²) >= 11 is 3.48. The first-order chi connectivity index (χ1) is 8.44. The van der Waals surface area contributed by atoms with Crippen LogP contribution in [0.1, 0.15) is 31.5 Å². The highest BCUT2D eigenvalue weighted by atomic mass is 79.9. The molecule has 1 rings (SSSR count). The second-order valence-electron chi connectivity index (χ2n) is 4.25. The molecule has 1 aromatic heterocycles. The molecular weight excluding hydrogens is 316 g/mol. The summed E-state index contributed by atoms with van der Waals surface area (Å²) in [6, 6.07) is 3.91. The van der Waals surface area contributed by atoms with E-state index in [0.29, 0.717) is 6.42 Å². The molecule has 0 saturated carbocycles. The molecule has 102 valence electrons. The van der Waals surface area contributed by atoms with Crippen LogP contribution in [0.25, 0.3) is 0 Å². The van der Waals surface area contributed by atoms with Crippen molar-refractivity contribution in [3.8, 4) is 0 Å². The Morgan fingerprint density at radius 3 is 2.78 bits per heavy atom. The van der Waals surface area contributed by atoms with E-state index in [-0.39, 0.29) is 11.8 Å². The number of sulfone groups is 1. The van der Waals surface area contributed by atoms with Crippen molar-refractivity contribution in [1.29, 1.82) is 0 Å². The quantitative estimate of drug-likeness (QED) is 0.831. The SMILES string of the molecule is CCNC(CCCS(C)(=O)=O)c1ncccc1Br. The summed E-state index contributed by atoms with van der Waals surface area (Å²) in [7, 11) is -2.89. The number of hydrogen-bond acceptors (Lipinski definition) is 4. The van der Waals surface area contributed by atoms with Gasteiger partial charge in [-0.05, 0) is 47.4 Å². The maximum Gasteiger partial charge on any atom is 0.147 e. The first kappa shape index (κ1) is 15.6. The van der Waals surface area contributed by atoms with Crippen LogP contribution in [0.5, 0.6) is 0 Å². The van der Waals surface area contributed by atoms with Gasteiger partial charge in [-0.3, -0.25) is 4.98 Å². The molecule has 1 aromatic rings. The first-order valence-corrected chi connectivity index (χ1v) is 8.81. The fraction of sp³-hybridized carbons (Fsp3) is 0.583. The third-order valence-corrected chi connectivity index (χ3v) is 4.28. The van der Waals surface area contributed by atoms with Crippen LogP contribution in [0.3, 0.4) is 0 Å². The zero-order valence-electron chi connectivity index (χ0n) is 10.7. The van der Waals surface area contributed by atoms with Gasteiger partial charge in [0, 0.05) is 22.7 Å². The van der Waals surface area contributed by atoms with Crippen LogP contribution in [0.15, 0.2) is 22.8 Å². The second kappa shape index (κ2) is 7.21. The molecule has 6 heteroatoms. The van der Waals surface area contributed by atoms with Gasteiger partial charge in [-0.25, -0.2) is 8.42 Å². The van der Waals surface area contributed by atoms with E-state index in [4.69, 9.17) is 0 Å². The Bertz CT molecular complexity index is 477. The lowest BCUT2D eigenvalue weighted by Crippen LogP contribution is -2.23. The standard InChI is InChI=1S/C12H19BrN2O2S/c1-3-14-11(7-5-9-18(2,16)17)12-10(13)6-4-8-15-12/h4,6,8,11,14H,3,5,7,9H2,1-2H3. The minimum atomic E-state index is -2.89. The fourth-order valence-corrected chi connectivity index (χ4v) is 3.01. The van der Waals surface area contributed by atoms with Crippen LogP contribution in [-0.2, 0) is 9.84 Å². The molecule has 1 unspecified atom stereocenters. The van der Waals surface area contributed by atoms with Gasteiger partial charge in [0.2, 0.25) is 0 Å². The van der Waals surface area contributed by atoms with Crippen LogP contribution in [0.4, 0.5) is 0 Å². The molecule has 0 saturated heterocycles. The number of nitrogens with one attached hydrogen (secondary N) is 1. The van der Waals surface area contributed by atoms with Gasteiger partial charge in [0.05, 0.1) is 11.7 Å². The Labute approximate surface area is 117 Å². The summed E-state index contributed by atoms with van der Waals surface area (Å²) in [5.74, 6) is 0.222. The molecule has 0 bridgehead atoms. The Hall–Kier alpha value is -0.460. The molecule has 1 atom stereocenters. The number of halogens is 1. The van der Waals surface area contributed by atoms with Crippen molar-refractivity contribution < 1.29 is 8.42 Å². The van der Waals surface area contributed by atoms with Crippen molar-refractivity contribution in [2.24, 2.45) is 0 Å². The minimum Gasteiger partial charge on any atom is -0.309 e. The molecule has 0 amide bonds. The maximum atomic E-state index is 11.1. The Morgan fingerprint density at radius 2 is 2.22 bits per heavy atom. The highest BCUT2D eigenvalue weighted by molar-refractivity contribution is 9.10. The van der Waals surface area contributed by atoms with E-state index in [9.17, 15) is 8.42 Å². The Kier molecular flexibility index (Phi) is 6.25. The van der Waals surface area contributed by atoms with Gasteiger partial charge in [0.15, 0.2) is 0 Å². The molecule has 1 N–H and O–H groups in total. The van der Waals surface area contributed by atoms with E-state index < -0.39 is 9.84 Å². The summed E-state index contributed by atoms with van der Waals surface area (Å²) in [5.41, 5.74) is 0.938. The Balaban J connectivity index is 2.69. The zero-order chi connectivity index (χ0) is 13.6. The van der Waals surface area contributed by atoms with Gasteiger partial charge >= 0.3 is 0 Å². The minimum absolute atomic E-state index is 0.0901. The summed E-state index contributed by atoms with van der Waals surface area (Å²) in [5, 5.41) is 3.34. The number of hydrogen-bond donors (Lipinski definition) is 1. The molecule has 0 aliphatic rings. The van der Waals surface area contributed by atoms with E-state index in [1.165, 1.54) is 6.26 Å². The topological polar surface area (TPSA) is 59.1 Å². The van der Waals surface area contributed by atoms with Crippen molar-refractivity contribution in [1.82, 2.24) is 10.3 Å². The van der Waals surface area contributed by atoms with Gasteiger partial charge in [0.1, 0.15) is 9.84 Å². The van der Waals surface area contributed by atoms with Gasteiger partial charge in [0.25, 0.3) is 0 Å². The average molecular weight is 335 g/mol. The maximum absolute atomic E-state index is 11.1. The summed E-state index contributed by atoms with van der Waals surface area (Å²) in [4.78, 5) is 4.35. The van der Waals surface area contributed by atoms with Crippen LogP contribution < -0.4 is 5.32 Å². The second-order valence-corrected chi connectivity index (χ2v) is 7.37. The van der Waals surface area contributed by atoms with Crippen LogP contribution >= 0.6 is 15.9 Å². The lowest BCUT2D eigenvalue weighted by atomic mass is 10.1. The van der Waals surface area contributed by atoms with E-state index >= 15 is 0 Å². The molecule has 0 aromatic carbocycles. The monoisotopic (exact) mass is 334 g/mol. The van der Waals surface area contributed by atoms with Crippen molar-refractivity contribution in [2.75, 3.05) is 18.6 Å². The van der Waals surface area contributed by atoms with Gasteiger partial charge < -0.3 is 5.32 Å². The molecule has 0 aliphatic heterocycles. The molecular formula is C12H19BrN2O2S. The van der Waals surface area contributed by atoms with E-state index in [1.807, 2.05) is 19.1 Å². The first-order valence-electron chi connectivity index (χ1n) is 5.95. The molecule has 4 nitrogen and oxygen atoms in total. The third kappa shape index (κ3) is 5.46. The largest absolute Gasteiger partial charge is 0.309 e. The molecule has 18 heavy (non-hydrogen) atoms. The predicted molar refractivity (Wildman–Crippen MR) is 77.3 cm³/mol. The highest BCUT2D eigenvalue weighted by Gasteiger charge is 2.15. The summed E-state index contributed by atoms with van der Waals surface area (Å²) in [6.45, 7) is 2.85. The number of rotatable bonds is 7. The number of pyridine rings is 1. The molecule has 1 heterocycles. The van der Waals surface area contributed by atoms with Crippen LogP contribution in [0.2, 0.25) is 0 Å². The number of nitrogens with zero attached hydrogens (tertiary/aromatic N) is 1. The lowest BCUT2D eigenvalue weighted by molar-refractivity contribution is 0.494. The molecule has 0 aliphatic carbocycles. The van der Waals surface area contributed by atoms with Crippen LogP contribution in [-0.4, -0.2) is 32.0 Å². The van der Waals surface area contributed by atoms with Crippen LogP contribution in [0, 0.1) is 0 Å². The number of aromatic nitrogens is 1. The van der Waals surface area contributed by atoms with Crippen molar-refractivity contribution >= 4 is 25.8 Å². The molecule has 0 radical (unpaired) electrons. The van der Waals surface area contributed by atoms with E-state index in [2.05, 4.69) is 26.2 Å². The summed E-state index contributed by atoms with van der Waals surface area (Å²) < 4.78 is 23.2. The van der Waals surface area contributed by atoms with Gasteiger partial charge in [-0.1, -0.05) is 6.92 Å². The smallest absolute Gasteiger partial charge is 0.147 e. The predicted octanol–water partition coefficient (Wildman–Crippen LogP) is 2.32. The Morgan fingerprint density at radius 1 is 1.50 bits per heavy atom. The van der Waals surface area contributed by atoms with Gasteiger partial charge in [-0.2, -0.15) is 0 Å². The van der Waals surface area contributed by atoms with E-state index in [0.717, 1.165) is 23.1 Å². The summed E-state index contributed by atoms with van der Waals surface area (Å²) in [6.07, 6.45) is 4.42. The third-order valence-electron chi connectivity index (χ3n) is 2.58. The fourth-order valence-electron chi connectivity index (χ4n) is 1.79. The van der Waals surface area contributed by atoms with Crippen molar-refractivity contribution in [3.63, 3.8) is 0 Å². The molecule has 0 spiro atoms. The highest BCUT2D eigenvalue weighted by Crippen LogP contribution is 2.24. The zero-order valence-corrected chi connectivity index (χ0v) is 13.1. The van der Waals surface area contributed by atoms with Crippen molar-refractivity contribution in [3.05, 3.63) is 28.5 Å².